The molecule has 1 saturated heterocycles. The number of imide groups is 1. The molecule has 7 heteroatoms. The third kappa shape index (κ3) is 4.76. The molecule has 4 amide bonds. The molecule has 3 rings (SSSR count). The lowest BCUT2D eigenvalue weighted by molar-refractivity contribution is -0.139. The Labute approximate surface area is 182 Å². The maximum Gasteiger partial charge on any atom is 0.325 e. The maximum atomic E-state index is 13.4. The van der Waals surface area contributed by atoms with Gasteiger partial charge < -0.3 is 10.2 Å². The Morgan fingerprint density at radius 1 is 1.06 bits per heavy atom. The van der Waals surface area contributed by atoms with Crippen molar-refractivity contribution in [2.75, 3.05) is 13.1 Å². The largest absolute Gasteiger partial charge is 0.337 e. The average Bonchev–Trinajstić information content (AvgIpc) is 3.02. The highest BCUT2D eigenvalue weighted by molar-refractivity contribution is 6.09. The van der Waals surface area contributed by atoms with Gasteiger partial charge >= 0.3 is 6.03 Å². The van der Waals surface area contributed by atoms with E-state index >= 15 is 0 Å². The molecule has 0 spiro atoms. The Bertz CT molecular complexity index is 933. The normalized spacial score (nSPS) is 18.2. The average molecular weight is 426 g/mol. The van der Waals surface area contributed by atoms with Crippen LogP contribution in [-0.2, 0) is 21.7 Å². The van der Waals surface area contributed by atoms with Crippen LogP contribution in [-0.4, -0.2) is 40.7 Å². The van der Waals surface area contributed by atoms with Crippen LogP contribution < -0.4 is 5.32 Å². The smallest absolute Gasteiger partial charge is 0.325 e. The monoisotopic (exact) mass is 425 g/mol. The first-order valence-electron chi connectivity index (χ1n) is 10.6. The van der Waals surface area contributed by atoms with Crippen LogP contribution in [0.1, 0.15) is 44.2 Å². The van der Waals surface area contributed by atoms with E-state index < -0.39 is 23.3 Å². The van der Waals surface area contributed by atoms with Gasteiger partial charge in [-0.05, 0) is 36.6 Å². The van der Waals surface area contributed by atoms with Gasteiger partial charge in [0.1, 0.15) is 17.9 Å². The van der Waals surface area contributed by atoms with Crippen LogP contribution in [0.15, 0.2) is 54.6 Å². The van der Waals surface area contributed by atoms with E-state index in [-0.39, 0.29) is 12.5 Å². The molecule has 0 aromatic heterocycles. The van der Waals surface area contributed by atoms with E-state index in [1.807, 2.05) is 44.2 Å². The fraction of sp³-hybridized carbons (Fsp3) is 0.375. The van der Waals surface area contributed by atoms with Gasteiger partial charge in [-0.25, -0.2) is 9.18 Å². The number of likely N-dealkylation sites (N-methyl/N-ethyl adjacent to an activating group) is 1. The molecule has 1 fully saturated rings. The Morgan fingerprint density at radius 2 is 1.74 bits per heavy atom. The Hall–Kier alpha value is -3.22. The third-order valence-electron chi connectivity index (χ3n) is 5.66. The highest BCUT2D eigenvalue weighted by atomic mass is 19.1. The zero-order valence-electron chi connectivity index (χ0n) is 17.9. The number of hydrogen-bond acceptors (Lipinski definition) is 3. The Balaban J connectivity index is 1.81. The fourth-order valence-corrected chi connectivity index (χ4v) is 3.87. The van der Waals surface area contributed by atoms with Crippen LogP contribution in [0.3, 0.4) is 0 Å². The molecular weight excluding hydrogens is 397 g/mol. The Kier molecular flexibility index (Phi) is 7.05. The van der Waals surface area contributed by atoms with Gasteiger partial charge in [-0.15, -0.1) is 0 Å². The summed E-state index contributed by atoms with van der Waals surface area (Å²) in [5.41, 5.74) is 0.211. The topological polar surface area (TPSA) is 69.7 Å². The molecule has 6 nitrogen and oxygen atoms in total. The van der Waals surface area contributed by atoms with Gasteiger partial charge in [0.2, 0.25) is 5.91 Å². The second-order valence-corrected chi connectivity index (χ2v) is 7.73. The van der Waals surface area contributed by atoms with Crippen molar-refractivity contribution in [3.05, 3.63) is 71.5 Å². The number of carbonyl (C=O) groups is 3. The number of amides is 4. The highest BCUT2D eigenvalue weighted by Crippen LogP contribution is 2.34. The standard InChI is InChI=1S/C24H28FN3O3/c1-3-5-15-24(19-11-13-20(25)14-12-19)22(30)28(23(31)26-24)17-21(29)27(4-2)16-18-9-7-6-8-10-18/h6-14H,3-5,15-17H2,1-2H3,(H,26,31)/t24-/m1/s1. The van der Waals surface area contributed by atoms with Crippen molar-refractivity contribution in [2.24, 2.45) is 0 Å². The summed E-state index contributed by atoms with van der Waals surface area (Å²) in [4.78, 5) is 41.7. The van der Waals surface area contributed by atoms with Gasteiger partial charge in [0.05, 0.1) is 0 Å². The lowest BCUT2D eigenvalue weighted by Gasteiger charge is -2.28. The number of hydrogen-bond donors (Lipinski definition) is 1. The first-order valence-corrected chi connectivity index (χ1v) is 10.6. The minimum Gasteiger partial charge on any atom is -0.337 e. The molecule has 0 saturated carbocycles. The number of nitrogens with zero attached hydrogens (tertiary/aromatic N) is 2. The van der Waals surface area contributed by atoms with Crippen molar-refractivity contribution in [3.63, 3.8) is 0 Å². The van der Waals surface area contributed by atoms with Gasteiger partial charge in [0, 0.05) is 13.1 Å². The summed E-state index contributed by atoms with van der Waals surface area (Å²) >= 11 is 0. The number of urea groups is 1. The second-order valence-electron chi connectivity index (χ2n) is 7.73. The zero-order valence-corrected chi connectivity index (χ0v) is 17.9. The number of unbranched alkanes of at least 4 members (excludes halogenated alkanes) is 1. The minimum absolute atomic E-state index is 0.305. The SMILES string of the molecule is CCCC[C@]1(c2ccc(F)cc2)NC(=O)N(CC(=O)N(CC)Cc2ccccc2)C1=O. The molecule has 1 heterocycles. The summed E-state index contributed by atoms with van der Waals surface area (Å²) in [5.74, 6) is -1.19. The van der Waals surface area contributed by atoms with Crippen LogP contribution in [0.5, 0.6) is 0 Å². The lowest BCUT2D eigenvalue weighted by atomic mass is 9.85. The zero-order chi connectivity index (χ0) is 22.4. The molecule has 1 aliphatic heterocycles. The molecular formula is C24H28FN3O3. The van der Waals surface area contributed by atoms with Gasteiger partial charge in [-0.2, -0.15) is 0 Å². The van der Waals surface area contributed by atoms with Crippen molar-refractivity contribution >= 4 is 17.8 Å². The van der Waals surface area contributed by atoms with E-state index in [1.54, 1.807) is 4.90 Å². The third-order valence-corrected chi connectivity index (χ3v) is 5.66. The van der Waals surface area contributed by atoms with Crippen LogP contribution in [0.25, 0.3) is 0 Å². The van der Waals surface area contributed by atoms with Crippen LogP contribution in [0.4, 0.5) is 9.18 Å². The predicted molar refractivity (Wildman–Crippen MR) is 115 cm³/mol. The molecule has 164 valence electrons. The number of carbonyl (C=O) groups excluding carboxylic acids is 3. The summed E-state index contributed by atoms with van der Waals surface area (Å²) in [6, 6.07) is 14.5. The van der Waals surface area contributed by atoms with Crippen LogP contribution in [0, 0.1) is 5.82 Å². The second kappa shape index (κ2) is 9.73. The number of halogens is 1. The lowest BCUT2D eigenvalue weighted by Crippen LogP contribution is -2.45. The first kappa shape index (κ1) is 22.5. The Morgan fingerprint density at radius 3 is 2.35 bits per heavy atom. The molecule has 1 atom stereocenters. The molecule has 2 aromatic carbocycles. The van der Waals surface area contributed by atoms with Crippen LogP contribution in [0.2, 0.25) is 0 Å². The molecule has 1 aliphatic rings. The van der Waals surface area contributed by atoms with E-state index in [1.165, 1.54) is 24.3 Å². The molecule has 0 aliphatic carbocycles. The van der Waals surface area contributed by atoms with E-state index in [0.29, 0.717) is 31.5 Å². The van der Waals surface area contributed by atoms with E-state index in [0.717, 1.165) is 16.9 Å². The maximum absolute atomic E-state index is 13.4. The van der Waals surface area contributed by atoms with Crippen molar-refractivity contribution in [3.8, 4) is 0 Å². The molecule has 0 unspecified atom stereocenters. The van der Waals surface area contributed by atoms with Gasteiger partial charge in [-0.1, -0.05) is 62.2 Å². The minimum atomic E-state index is -1.28. The fourth-order valence-electron chi connectivity index (χ4n) is 3.87. The first-order chi connectivity index (χ1) is 14.9. The summed E-state index contributed by atoms with van der Waals surface area (Å²) in [6.07, 6.45) is 1.90. The van der Waals surface area contributed by atoms with E-state index in [9.17, 15) is 18.8 Å². The van der Waals surface area contributed by atoms with Gasteiger partial charge in [0.25, 0.3) is 5.91 Å². The van der Waals surface area contributed by atoms with Crippen molar-refractivity contribution < 1.29 is 18.8 Å². The number of rotatable bonds is 9. The summed E-state index contributed by atoms with van der Waals surface area (Å²) in [7, 11) is 0. The summed E-state index contributed by atoms with van der Waals surface area (Å²) in [6.45, 7) is 4.37. The number of benzene rings is 2. The molecule has 1 N–H and O–H groups in total. The highest BCUT2D eigenvalue weighted by Gasteiger charge is 2.52. The predicted octanol–water partition coefficient (Wildman–Crippen LogP) is 3.81. The quantitative estimate of drug-likeness (QED) is 0.621. The molecule has 0 bridgehead atoms. The van der Waals surface area contributed by atoms with Gasteiger partial charge in [0.15, 0.2) is 0 Å². The van der Waals surface area contributed by atoms with E-state index in [2.05, 4.69) is 5.32 Å². The van der Waals surface area contributed by atoms with Crippen LogP contribution >= 0.6 is 0 Å². The van der Waals surface area contributed by atoms with Crippen molar-refractivity contribution in [1.29, 1.82) is 0 Å². The summed E-state index contributed by atoms with van der Waals surface area (Å²) in [5, 5.41) is 2.79. The molecule has 2 aromatic rings. The number of nitrogens with one attached hydrogen (secondary N) is 1. The van der Waals surface area contributed by atoms with E-state index in [4.69, 9.17) is 0 Å². The van der Waals surface area contributed by atoms with Crippen molar-refractivity contribution in [1.82, 2.24) is 15.1 Å². The summed E-state index contributed by atoms with van der Waals surface area (Å²) < 4.78 is 13.4. The van der Waals surface area contributed by atoms with Gasteiger partial charge in [-0.3, -0.25) is 14.5 Å². The molecule has 0 radical (unpaired) electrons. The van der Waals surface area contributed by atoms with Crippen molar-refractivity contribution in [2.45, 2.75) is 45.2 Å². The molecule has 31 heavy (non-hydrogen) atoms.